The molecule has 1 aromatic rings. The summed E-state index contributed by atoms with van der Waals surface area (Å²) < 4.78 is 0. The van der Waals surface area contributed by atoms with E-state index in [1.54, 1.807) is 0 Å². The lowest BCUT2D eigenvalue weighted by atomic mass is 10.0. The molecule has 1 N–H and O–H groups in total. The van der Waals surface area contributed by atoms with Gasteiger partial charge in [-0.2, -0.15) is 0 Å². The van der Waals surface area contributed by atoms with E-state index in [-0.39, 0.29) is 0 Å². The van der Waals surface area contributed by atoms with Crippen molar-refractivity contribution < 1.29 is 0 Å². The molecule has 3 heteroatoms. The van der Waals surface area contributed by atoms with Crippen molar-refractivity contribution in [2.24, 2.45) is 0 Å². The molecule has 0 aliphatic carbocycles. The van der Waals surface area contributed by atoms with E-state index in [1.807, 2.05) is 12.1 Å². The summed E-state index contributed by atoms with van der Waals surface area (Å²) in [5, 5.41) is 4.45. The second-order valence-corrected chi connectivity index (χ2v) is 5.73. The van der Waals surface area contributed by atoms with Crippen molar-refractivity contribution in [3.63, 3.8) is 0 Å². The Hall–Kier alpha value is -0.570. The number of rotatable bonds is 6. The molecule has 1 saturated heterocycles. The second-order valence-electron chi connectivity index (χ2n) is 5.32. The Kier molecular flexibility index (Phi) is 6.15. The lowest BCUT2D eigenvalue weighted by Crippen LogP contribution is -2.33. The van der Waals surface area contributed by atoms with E-state index in [0.29, 0.717) is 6.04 Å². The molecular weight excluding hydrogens is 256 g/mol. The van der Waals surface area contributed by atoms with Crippen LogP contribution in [0.25, 0.3) is 0 Å². The third kappa shape index (κ3) is 4.48. The van der Waals surface area contributed by atoms with Crippen LogP contribution in [-0.2, 0) is 0 Å². The van der Waals surface area contributed by atoms with Crippen LogP contribution in [0.5, 0.6) is 0 Å². The minimum absolute atomic E-state index is 0.376. The zero-order valence-corrected chi connectivity index (χ0v) is 12.6. The molecule has 1 fully saturated rings. The van der Waals surface area contributed by atoms with E-state index in [1.165, 1.54) is 44.5 Å². The summed E-state index contributed by atoms with van der Waals surface area (Å²) >= 11 is 6.32. The maximum absolute atomic E-state index is 6.32. The van der Waals surface area contributed by atoms with E-state index in [4.69, 9.17) is 11.6 Å². The molecule has 1 atom stereocenters. The van der Waals surface area contributed by atoms with Crippen LogP contribution in [0, 0.1) is 0 Å². The molecule has 106 valence electrons. The third-order valence-corrected chi connectivity index (χ3v) is 4.26. The smallest absolute Gasteiger partial charge is 0.0453 e. The first kappa shape index (κ1) is 14.8. The average Bonchev–Trinajstić information content (AvgIpc) is 2.45. The average molecular weight is 281 g/mol. The van der Waals surface area contributed by atoms with Crippen molar-refractivity contribution in [2.45, 2.75) is 38.6 Å². The van der Waals surface area contributed by atoms with Gasteiger partial charge in [0, 0.05) is 11.1 Å². The minimum Gasteiger partial charge on any atom is -0.310 e. The number of halogens is 1. The fourth-order valence-electron chi connectivity index (χ4n) is 2.87. The maximum Gasteiger partial charge on any atom is 0.0453 e. The Morgan fingerprint density at radius 2 is 1.95 bits per heavy atom. The standard InChI is InChI=1S/C16H25ClN2/c1-2-18-16(14-8-4-5-9-15(14)17)10-13-19-11-6-3-7-12-19/h4-5,8-9,16,18H,2-3,6-7,10-13H2,1H3. The van der Waals surface area contributed by atoms with Gasteiger partial charge in [0.25, 0.3) is 0 Å². The topological polar surface area (TPSA) is 15.3 Å². The van der Waals surface area contributed by atoms with Gasteiger partial charge in [-0.25, -0.2) is 0 Å². The summed E-state index contributed by atoms with van der Waals surface area (Å²) in [6, 6.07) is 8.58. The Morgan fingerprint density at radius 1 is 1.21 bits per heavy atom. The van der Waals surface area contributed by atoms with E-state index in [2.05, 4.69) is 29.3 Å². The summed E-state index contributed by atoms with van der Waals surface area (Å²) in [4.78, 5) is 2.59. The summed E-state index contributed by atoms with van der Waals surface area (Å²) in [5.41, 5.74) is 1.24. The van der Waals surface area contributed by atoms with Crippen LogP contribution in [0.3, 0.4) is 0 Å². The van der Waals surface area contributed by atoms with Crippen molar-refractivity contribution in [2.75, 3.05) is 26.2 Å². The molecule has 0 radical (unpaired) electrons. The molecule has 0 bridgehead atoms. The Morgan fingerprint density at radius 3 is 2.63 bits per heavy atom. The Bertz CT molecular complexity index is 375. The van der Waals surface area contributed by atoms with Crippen LogP contribution in [0.15, 0.2) is 24.3 Å². The first-order chi connectivity index (χ1) is 9.31. The number of likely N-dealkylation sites (tertiary alicyclic amines) is 1. The Balaban J connectivity index is 1.94. The van der Waals surface area contributed by atoms with Gasteiger partial charge in [0.2, 0.25) is 0 Å². The minimum atomic E-state index is 0.376. The molecule has 1 aliphatic heterocycles. The maximum atomic E-state index is 6.32. The van der Waals surface area contributed by atoms with Crippen LogP contribution in [0.1, 0.15) is 44.2 Å². The summed E-state index contributed by atoms with van der Waals surface area (Å²) in [5.74, 6) is 0. The quantitative estimate of drug-likeness (QED) is 0.851. The van der Waals surface area contributed by atoms with Gasteiger partial charge in [-0.05, 0) is 57.1 Å². The first-order valence-corrected chi connectivity index (χ1v) is 7.89. The highest BCUT2D eigenvalue weighted by atomic mass is 35.5. The number of piperidine rings is 1. The van der Waals surface area contributed by atoms with E-state index >= 15 is 0 Å². The largest absolute Gasteiger partial charge is 0.310 e. The molecule has 1 aromatic carbocycles. The lowest BCUT2D eigenvalue weighted by Gasteiger charge is -2.29. The fourth-order valence-corrected chi connectivity index (χ4v) is 3.13. The molecule has 0 aromatic heterocycles. The summed E-state index contributed by atoms with van der Waals surface area (Å²) in [6.07, 6.45) is 5.26. The molecule has 1 aliphatic rings. The molecule has 1 heterocycles. The number of nitrogens with zero attached hydrogens (tertiary/aromatic N) is 1. The third-order valence-electron chi connectivity index (χ3n) is 3.91. The first-order valence-electron chi connectivity index (χ1n) is 7.51. The van der Waals surface area contributed by atoms with Crippen LogP contribution in [0.2, 0.25) is 5.02 Å². The number of hydrogen-bond donors (Lipinski definition) is 1. The van der Waals surface area contributed by atoms with Crippen LogP contribution >= 0.6 is 11.6 Å². The van der Waals surface area contributed by atoms with Gasteiger partial charge in [-0.3, -0.25) is 0 Å². The fraction of sp³-hybridized carbons (Fsp3) is 0.625. The molecule has 0 spiro atoms. The van der Waals surface area contributed by atoms with Gasteiger partial charge in [-0.15, -0.1) is 0 Å². The zero-order chi connectivity index (χ0) is 13.5. The highest BCUT2D eigenvalue weighted by Crippen LogP contribution is 2.25. The van der Waals surface area contributed by atoms with E-state index < -0.39 is 0 Å². The van der Waals surface area contributed by atoms with Crippen LogP contribution in [0.4, 0.5) is 0 Å². The predicted octanol–water partition coefficient (Wildman–Crippen LogP) is 3.87. The molecule has 2 rings (SSSR count). The summed E-state index contributed by atoms with van der Waals surface area (Å²) in [6.45, 7) is 6.84. The predicted molar refractivity (Wildman–Crippen MR) is 82.8 cm³/mol. The lowest BCUT2D eigenvalue weighted by molar-refractivity contribution is 0.217. The molecule has 0 amide bonds. The van der Waals surface area contributed by atoms with Crippen molar-refractivity contribution >= 4 is 11.6 Å². The second kappa shape index (κ2) is 7.88. The van der Waals surface area contributed by atoms with Gasteiger partial charge in [0.05, 0.1) is 0 Å². The summed E-state index contributed by atoms with van der Waals surface area (Å²) in [7, 11) is 0. The van der Waals surface area contributed by atoms with Gasteiger partial charge in [-0.1, -0.05) is 43.1 Å². The number of nitrogens with one attached hydrogen (secondary N) is 1. The van der Waals surface area contributed by atoms with Crippen LogP contribution < -0.4 is 5.32 Å². The molecular formula is C16H25ClN2. The van der Waals surface area contributed by atoms with Crippen molar-refractivity contribution in [1.82, 2.24) is 10.2 Å². The van der Waals surface area contributed by atoms with E-state index in [9.17, 15) is 0 Å². The van der Waals surface area contributed by atoms with Crippen molar-refractivity contribution in [3.05, 3.63) is 34.9 Å². The van der Waals surface area contributed by atoms with Gasteiger partial charge >= 0.3 is 0 Å². The Labute approximate surface area is 122 Å². The van der Waals surface area contributed by atoms with Gasteiger partial charge in [0.1, 0.15) is 0 Å². The molecule has 19 heavy (non-hydrogen) atoms. The number of hydrogen-bond acceptors (Lipinski definition) is 2. The van der Waals surface area contributed by atoms with Crippen LogP contribution in [-0.4, -0.2) is 31.1 Å². The van der Waals surface area contributed by atoms with Gasteiger partial charge < -0.3 is 10.2 Å². The van der Waals surface area contributed by atoms with E-state index in [0.717, 1.165) is 18.0 Å². The molecule has 2 nitrogen and oxygen atoms in total. The monoisotopic (exact) mass is 280 g/mol. The highest BCUT2D eigenvalue weighted by Gasteiger charge is 2.16. The number of benzene rings is 1. The zero-order valence-electron chi connectivity index (χ0n) is 11.9. The normalized spacial score (nSPS) is 18.4. The van der Waals surface area contributed by atoms with Crippen molar-refractivity contribution in [3.8, 4) is 0 Å². The van der Waals surface area contributed by atoms with Gasteiger partial charge in [0.15, 0.2) is 0 Å². The molecule has 1 unspecified atom stereocenters. The molecule has 0 saturated carbocycles. The van der Waals surface area contributed by atoms with Crippen molar-refractivity contribution in [1.29, 1.82) is 0 Å². The SMILES string of the molecule is CCNC(CCN1CCCCC1)c1ccccc1Cl. The highest BCUT2D eigenvalue weighted by molar-refractivity contribution is 6.31.